The Bertz CT molecular complexity index is 2280. The third-order valence-corrected chi connectivity index (χ3v) is 20.2. The number of rotatable bonds is 16. The van der Waals surface area contributed by atoms with Gasteiger partial charge in [0.2, 0.25) is 0 Å². The SMILES string of the molecule is CO[C@H]1C[C@H](O[C@H]2CC[C@@]3(C)[C@@H](CC[C@@H]4[C@@H]3C[C@@H](OC(C)=O)[C@]3(C)[C@](O)([C@H](C)OC(=O)c5ccccc5N)CC[C@]43O)C2)O[C@H](C)[C@H]1O[C@H]1C[C@@H](OC)[C@H](O[C@@H]2O[C@H](CO[C@@H]3O[C@H](CO)[C@@H](O)[C@H](O)[C@H]3O)[C@@H](O)[C@H](O)[C@H]2O)[C@@H](C)O1. The van der Waals surface area contributed by atoms with Gasteiger partial charge >= 0.3 is 11.9 Å². The molecule has 28 atom stereocenters. The minimum Gasteiger partial charge on any atom is -0.462 e. The summed E-state index contributed by atoms with van der Waals surface area (Å²) in [4.78, 5) is 26.3. The van der Waals surface area contributed by atoms with Crippen molar-refractivity contribution in [3.05, 3.63) is 29.8 Å². The first-order chi connectivity index (χ1) is 37.8. The molecule has 0 radical (unpaired) electrons. The number of anilines is 1. The van der Waals surface area contributed by atoms with Crippen LogP contribution in [0, 0.1) is 28.6 Å². The van der Waals surface area contributed by atoms with Crippen molar-refractivity contribution < 1.29 is 112 Å². The molecule has 0 unspecified atom stereocenters. The van der Waals surface area contributed by atoms with Crippen molar-refractivity contribution >= 4 is 17.6 Å². The second-order valence-corrected chi connectivity index (χ2v) is 24.4. The molecule has 24 heteroatoms. The number of ether oxygens (including phenoxy) is 12. The fourth-order valence-electron chi connectivity index (χ4n) is 15.5. The summed E-state index contributed by atoms with van der Waals surface area (Å²) in [7, 11) is 3.08. The number of aliphatic hydroxyl groups excluding tert-OH is 7. The van der Waals surface area contributed by atoms with E-state index in [1.165, 1.54) is 14.0 Å². The summed E-state index contributed by atoms with van der Waals surface area (Å²) in [5.74, 6) is -1.29. The van der Waals surface area contributed by atoms with Crippen molar-refractivity contribution in [1.29, 1.82) is 0 Å². The van der Waals surface area contributed by atoms with Gasteiger partial charge in [-0.05, 0) is 107 Å². The minimum absolute atomic E-state index is 0.0534. The molecule has 80 heavy (non-hydrogen) atoms. The molecule has 4 heterocycles. The molecular formula is C56H87NO23. The lowest BCUT2D eigenvalue weighted by molar-refractivity contribution is -0.360. The van der Waals surface area contributed by atoms with Gasteiger partial charge < -0.3 is 109 Å². The zero-order valence-electron chi connectivity index (χ0n) is 47.0. The third kappa shape index (κ3) is 11.1. The highest BCUT2D eigenvalue weighted by Crippen LogP contribution is 2.71. The van der Waals surface area contributed by atoms with E-state index in [0.717, 1.165) is 19.3 Å². The van der Waals surface area contributed by atoms with Crippen LogP contribution >= 0.6 is 0 Å². The zero-order chi connectivity index (χ0) is 58.0. The number of hydrogen-bond acceptors (Lipinski definition) is 24. The summed E-state index contributed by atoms with van der Waals surface area (Å²) < 4.78 is 73.3. The predicted octanol–water partition coefficient (Wildman–Crippen LogP) is 0.324. The monoisotopic (exact) mass is 1140 g/mol. The summed E-state index contributed by atoms with van der Waals surface area (Å²) >= 11 is 0. The molecule has 9 rings (SSSR count). The number of benzene rings is 1. The van der Waals surface area contributed by atoms with Crippen molar-refractivity contribution in [2.24, 2.45) is 28.6 Å². The van der Waals surface area contributed by atoms with E-state index in [1.807, 2.05) is 6.92 Å². The zero-order valence-corrected chi connectivity index (χ0v) is 47.0. The lowest BCUT2D eigenvalue weighted by atomic mass is 9.42. The molecule has 4 aliphatic heterocycles. The van der Waals surface area contributed by atoms with Crippen molar-refractivity contribution in [2.45, 2.75) is 246 Å². The Hall–Kier alpha value is -2.80. The number of hydrogen-bond donors (Lipinski definition) is 10. The number of nitrogen functional groups attached to an aromatic ring is 1. The van der Waals surface area contributed by atoms with Gasteiger partial charge in [0.25, 0.3) is 0 Å². The quantitative estimate of drug-likeness (QED) is 0.0605. The van der Waals surface area contributed by atoms with Gasteiger partial charge in [-0.1, -0.05) is 26.0 Å². The van der Waals surface area contributed by atoms with Crippen molar-refractivity contribution in [2.75, 3.05) is 33.2 Å². The van der Waals surface area contributed by atoms with Crippen LogP contribution in [0.15, 0.2) is 24.3 Å². The van der Waals surface area contributed by atoms with Crippen molar-refractivity contribution in [3.8, 4) is 0 Å². The molecular weight excluding hydrogens is 1050 g/mol. The molecule has 11 N–H and O–H groups in total. The van der Waals surface area contributed by atoms with Gasteiger partial charge in [0, 0.05) is 39.7 Å². The van der Waals surface area contributed by atoms with E-state index in [2.05, 4.69) is 6.92 Å². The summed E-state index contributed by atoms with van der Waals surface area (Å²) in [5, 5.41) is 98.9. The molecule has 8 fully saturated rings. The summed E-state index contributed by atoms with van der Waals surface area (Å²) in [6.45, 7) is 9.42. The topological polar surface area (TPSA) is 353 Å². The van der Waals surface area contributed by atoms with Crippen LogP contribution in [-0.4, -0.2) is 225 Å². The fraction of sp³-hybridized carbons (Fsp3) is 0.857. The van der Waals surface area contributed by atoms with E-state index in [9.17, 15) is 55.5 Å². The second kappa shape index (κ2) is 24.3. The Kier molecular flexibility index (Phi) is 18.7. The lowest BCUT2D eigenvalue weighted by Gasteiger charge is -2.66. The van der Waals surface area contributed by atoms with Gasteiger partial charge in [-0.3, -0.25) is 4.79 Å². The van der Waals surface area contributed by atoms with Gasteiger partial charge in [0.05, 0.1) is 60.3 Å². The Morgan fingerprint density at radius 1 is 0.713 bits per heavy atom. The maximum atomic E-state index is 13.4. The first kappa shape index (κ1) is 61.8. The highest BCUT2D eigenvalue weighted by atomic mass is 16.8. The third-order valence-electron chi connectivity index (χ3n) is 20.2. The molecule has 8 aliphatic rings. The van der Waals surface area contributed by atoms with Crippen LogP contribution in [0.1, 0.15) is 116 Å². The fourth-order valence-corrected chi connectivity index (χ4v) is 15.5. The van der Waals surface area contributed by atoms with Gasteiger partial charge in [-0.25, -0.2) is 4.79 Å². The standard InChI is InChI=1S/C56H87NO23/c1-25-48(79-41-22-36(70-8)49(26(2)73-41)80-52-47(65)45(63)43(61)38(78-52)24-71-51-46(64)44(62)42(60)37(23-58)77-51)35(69-7)21-40(72-25)76-30-15-16-53(5)29(19-30)13-14-32-33(53)20-39(75-28(4)59)54(6)55(67,17-18-56(32,54)68)27(3)74-50(66)31-11-9-10-12-34(31)57/h9-12,25-27,29-30,32-33,35-49,51-52,58,60-65,67-68H,13-24,57H2,1-8H3/t25-,26-,27+,29+,30+,32-,33+,35+,36-,37-,38-,39-,40+,41+,42-,43-,44+,45+,46-,47-,48-,49-,51-,52+,53+,54-,55-,56+/m1/s1. The number of aliphatic hydroxyl groups is 9. The molecule has 0 spiro atoms. The van der Waals surface area contributed by atoms with Crippen LogP contribution < -0.4 is 5.73 Å². The molecule has 24 nitrogen and oxygen atoms in total. The predicted molar refractivity (Wildman–Crippen MR) is 275 cm³/mol. The van der Waals surface area contributed by atoms with Crippen molar-refractivity contribution in [3.63, 3.8) is 0 Å². The van der Waals surface area contributed by atoms with E-state index in [1.54, 1.807) is 52.1 Å². The van der Waals surface area contributed by atoms with Crippen LogP contribution in [0.25, 0.3) is 0 Å². The highest BCUT2D eigenvalue weighted by molar-refractivity contribution is 5.95. The number of nitrogens with two attached hydrogens (primary N) is 1. The first-order valence-electron chi connectivity index (χ1n) is 28.5. The molecule has 4 saturated heterocycles. The largest absolute Gasteiger partial charge is 0.462 e. The number of para-hydroxylation sites is 1. The smallest absolute Gasteiger partial charge is 0.340 e. The van der Waals surface area contributed by atoms with Crippen LogP contribution in [0.5, 0.6) is 0 Å². The molecule has 4 saturated carbocycles. The number of methoxy groups -OCH3 is 2. The average molecular weight is 1140 g/mol. The van der Waals surface area contributed by atoms with E-state index in [-0.39, 0.29) is 59.8 Å². The van der Waals surface area contributed by atoms with E-state index in [4.69, 9.17) is 62.6 Å². The van der Waals surface area contributed by atoms with E-state index in [0.29, 0.717) is 25.7 Å². The Labute approximate surface area is 466 Å². The van der Waals surface area contributed by atoms with Crippen LogP contribution in [-0.2, 0) is 61.6 Å². The van der Waals surface area contributed by atoms with E-state index >= 15 is 0 Å². The number of esters is 2. The molecule has 0 aromatic heterocycles. The van der Waals surface area contributed by atoms with E-state index < -0.39 is 165 Å². The Morgan fingerprint density at radius 3 is 1.94 bits per heavy atom. The molecule has 4 aliphatic carbocycles. The molecule has 0 amide bonds. The lowest BCUT2D eigenvalue weighted by Crippen LogP contribution is -2.72. The Balaban J connectivity index is 0.793. The normalized spacial score (nSPS) is 48.9. The van der Waals surface area contributed by atoms with Crippen LogP contribution in [0.2, 0.25) is 0 Å². The molecule has 0 bridgehead atoms. The molecule has 1 aromatic rings. The van der Waals surface area contributed by atoms with Gasteiger partial charge in [0.1, 0.15) is 78.8 Å². The van der Waals surface area contributed by atoms with Gasteiger partial charge in [0.15, 0.2) is 25.2 Å². The molecule has 1 aromatic carbocycles. The number of carbonyl (C=O) groups is 2. The van der Waals surface area contributed by atoms with Gasteiger partial charge in [-0.2, -0.15) is 0 Å². The number of carbonyl (C=O) groups excluding carboxylic acids is 2. The van der Waals surface area contributed by atoms with Crippen molar-refractivity contribution in [1.82, 2.24) is 0 Å². The second-order valence-electron chi connectivity index (χ2n) is 24.4. The highest BCUT2D eigenvalue weighted by Gasteiger charge is 2.77. The summed E-state index contributed by atoms with van der Waals surface area (Å²) in [5.41, 5.74) is 1.68. The van der Waals surface area contributed by atoms with Gasteiger partial charge in [-0.15, -0.1) is 0 Å². The summed E-state index contributed by atoms with van der Waals surface area (Å²) in [6, 6.07) is 6.55. The Morgan fingerprint density at radius 2 is 1.31 bits per heavy atom. The average Bonchev–Trinajstić information content (AvgIpc) is 2.92. The summed E-state index contributed by atoms with van der Waals surface area (Å²) in [6.07, 6.45) is -18.3. The first-order valence-corrected chi connectivity index (χ1v) is 28.5. The van der Waals surface area contributed by atoms with Crippen LogP contribution in [0.4, 0.5) is 5.69 Å². The number of fused-ring (bicyclic) bond motifs is 5. The maximum absolute atomic E-state index is 13.4. The van der Waals surface area contributed by atoms with Crippen LogP contribution in [0.3, 0.4) is 0 Å². The minimum atomic E-state index is -1.76. The maximum Gasteiger partial charge on any atom is 0.340 e. The molecule has 454 valence electrons.